The van der Waals surface area contributed by atoms with Crippen molar-refractivity contribution in [1.29, 1.82) is 5.26 Å². The van der Waals surface area contributed by atoms with Crippen LogP contribution in [0.5, 0.6) is 0 Å². The van der Waals surface area contributed by atoms with Gasteiger partial charge in [0.15, 0.2) is 0 Å². The van der Waals surface area contributed by atoms with E-state index in [-0.39, 0.29) is 23.6 Å². The van der Waals surface area contributed by atoms with Gasteiger partial charge >= 0.3 is 6.18 Å². The Bertz CT molecular complexity index is 1210. The number of benzene rings is 1. The highest BCUT2D eigenvalue weighted by Crippen LogP contribution is 2.43. The fourth-order valence-corrected chi connectivity index (χ4v) is 5.19. The SMILES string of the molecule is Cc1cc(C(F)(F)F)nc(N2Cc3sc(Cc4ccc(C#N)cc4C)nc3C2C(C)C)n1. The number of halogens is 3. The first-order chi connectivity index (χ1) is 15.1. The molecule has 0 radical (unpaired) electrons. The van der Waals surface area contributed by atoms with Crippen LogP contribution in [0.1, 0.15) is 63.5 Å². The van der Waals surface area contributed by atoms with E-state index in [9.17, 15) is 13.2 Å². The quantitative estimate of drug-likeness (QED) is 0.499. The Labute approximate surface area is 188 Å². The highest BCUT2D eigenvalue weighted by Gasteiger charge is 2.39. The van der Waals surface area contributed by atoms with Gasteiger partial charge in [0, 0.05) is 17.0 Å². The Morgan fingerprint density at radius 1 is 1.19 bits per heavy atom. The third-order valence-corrected chi connectivity index (χ3v) is 6.59. The van der Waals surface area contributed by atoms with Crippen LogP contribution in [0, 0.1) is 31.1 Å². The monoisotopic (exact) mass is 457 g/mol. The first-order valence-corrected chi connectivity index (χ1v) is 11.1. The van der Waals surface area contributed by atoms with Gasteiger partial charge in [-0.05, 0) is 49.1 Å². The van der Waals surface area contributed by atoms with Crippen molar-refractivity contribution in [1.82, 2.24) is 15.0 Å². The van der Waals surface area contributed by atoms with E-state index in [1.54, 1.807) is 24.3 Å². The molecular weight excluding hydrogens is 435 g/mol. The molecule has 0 saturated heterocycles. The van der Waals surface area contributed by atoms with Gasteiger partial charge in [0.1, 0.15) is 5.69 Å². The number of alkyl halides is 3. The lowest BCUT2D eigenvalue weighted by molar-refractivity contribution is -0.141. The molecule has 0 saturated carbocycles. The molecule has 1 atom stereocenters. The first kappa shape index (κ1) is 22.2. The van der Waals surface area contributed by atoms with Crippen LogP contribution >= 0.6 is 11.3 Å². The molecule has 3 heterocycles. The van der Waals surface area contributed by atoms with Gasteiger partial charge in [-0.25, -0.2) is 15.0 Å². The van der Waals surface area contributed by atoms with Gasteiger partial charge in [0.25, 0.3) is 0 Å². The van der Waals surface area contributed by atoms with Crippen molar-refractivity contribution >= 4 is 17.3 Å². The number of hydrogen-bond donors (Lipinski definition) is 0. The number of aryl methyl sites for hydroxylation is 2. The van der Waals surface area contributed by atoms with Crippen LogP contribution in [-0.2, 0) is 19.1 Å². The molecule has 1 aliphatic heterocycles. The molecule has 1 aromatic carbocycles. The van der Waals surface area contributed by atoms with Gasteiger partial charge < -0.3 is 4.90 Å². The predicted octanol–water partition coefficient (Wildman–Crippen LogP) is 5.75. The van der Waals surface area contributed by atoms with E-state index in [1.807, 2.05) is 37.8 Å². The number of thiazole rings is 1. The van der Waals surface area contributed by atoms with Crippen molar-refractivity contribution in [2.75, 3.05) is 4.90 Å². The molecule has 32 heavy (non-hydrogen) atoms. The van der Waals surface area contributed by atoms with Gasteiger partial charge in [-0.3, -0.25) is 0 Å². The molecule has 1 unspecified atom stereocenters. The Morgan fingerprint density at radius 3 is 2.56 bits per heavy atom. The summed E-state index contributed by atoms with van der Waals surface area (Å²) in [5, 5.41) is 10.0. The molecule has 5 nitrogen and oxygen atoms in total. The molecule has 0 aliphatic carbocycles. The minimum atomic E-state index is -4.52. The average Bonchev–Trinajstić information content (AvgIpc) is 3.25. The minimum absolute atomic E-state index is 0.0886. The standard InChI is InChI=1S/C23H22F3N5S/c1-12(2)21-20-17(11-31(21)22-28-14(4)8-18(29-22)23(24,25)26)32-19(30-20)9-16-6-5-15(10-27)7-13(16)3/h5-8,12,21H,9,11H2,1-4H3. The van der Waals surface area contributed by atoms with Crippen LogP contribution in [0.2, 0.25) is 0 Å². The number of aromatic nitrogens is 3. The molecule has 0 fully saturated rings. The number of rotatable bonds is 4. The van der Waals surface area contributed by atoms with Crippen LogP contribution in [0.25, 0.3) is 0 Å². The predicted molar refractivity (Wildman–Crippen MR) is 116 cm³/mol. The zero-order chi connectivity index (χ0) is 23.2. The summed E-state index contributed by atoms with van der Waals surface area (Å²) in [7, 11) is 0. The average molecular weight is 458 g/mol. The van der Waals surface area contributed by atoms with Crippen molar-refractivity contribution in [3.8, 4) is 6.07 Å². The topological polar surface area (TPSA) is 65.7 Å². The Kier molecular flexibility index (Phi) is 5.67. The van der Waals surface area contributed by atoms with E-state index in [1.165, 1.54) is 0 Å². The van der Waals surface area contributed by atoms with Gasteiger partial charge in [0.05, 0.1) is 34.9 Å². The summed E-state index contributed by atoms with van der Waals surface area (Å²) in [6.07, 6.45) is -3.87. The molecule has 2 aromatic heterocycles. The summed E-state index contributed by atoms with van der Waals surface area (Å²) in [4.78, 5) is 15.9. The zero-order valence-corrected chi connectivity index (χ0v) is 19.0. The maximum absolute atomic E-state index is 13.3. The lowest BCUT2D eigenvalue weighted by Gasteiger charge is -2.28. The maximum Gasteiger partial charge on any atom is 0.433 e. The molecule has 166 valence electrons. The highest BCUT2D eigenvalue weighted by molar-refractivity contribution is 7.11. The molecule has 9 heteroatoms. The second-order valence-corrected chi connectivity index (χ2v) is 9.52. The Balaban J connectivity index is 1.65. The molecule has 0 amide bonds. The van der Waals surface area contributed by atoms with E-state index < -0.39 is 11.9 Å². The summed E-state index contributed by atoms with van der Waals surface area (Å²) in [5.41, 5.74) is 3.01. The first-order valence-electron chi connectivity index (χ1n) is 10.2. The number of anilines is 1. The highest BCUT2D eigenvalue weighted by atomic mass is 32.1. The van der Waals surface area contributed by atoms with Crippen molar-refractivity contribution in [2.45, 2.75) is 52.9 Å². The molecule has 4 rings (SSSR count). The van der Waals surface area contributed by atoms with Crippen molar-refractivity contribution in [3.05, 3.63) is 67.9 Å². The maximum atomic E-state index is 13.3. The van der Waals surface area contributed by atoms with Crippen molar-refractivity contribution in [3.63, 3.8) is 0 Å². The normalized spacial score (nSPS) is 15.8. The fourth-order valence-electron chi connectivity index (χ4n) is 4.06. The summed E-state index contributed by atoms with van der Waals surface area (Å²) in [5.74, 6) is 0.201. The minimum Gasteiger partial charge on any atom is -0.327 e. The van der Waals surface area contributed by atoms with Crippen molar-refractivity contribution in [2.24, 2.45) is 5.92 Å². The summed E-state index contributed by atoms with van der Waals surface area (Å²) in [6, 6.07) is 8.53. The fraction of sp³-hybridized carbons (Fsp3) is 0.391. The lowest BCUT2D eigenvalue weighted by atomic mass is 10.0. The lowest BCUT2D eigenvalue weighted by Crippen LogP contribution is -2.29. The Hall–Kier alpha value is -2.99. The van der Waals surface area contributed by atoms with E-state index >= 15 is 0 Å². The summed E-state index contributed by atoms with van der Waals surface area (Å²) < 4.78 is 39.9. The molecule has 0 spiro atoms. The van der Waals surface area contributed by atoms with E-state index in [0.717, 1.165) is 32.8 Å². The third-order valence-electron chi connectivity index (χ3n) is 5.54. The van der Waals surface area contributed by atoms with E-state index in [0.29, 0.717) is 18.5 Å². The largest absolute Gasteiger partial charge is 0.433 e. The van der Waals surface area contributed by atoms with Crippen molar-refractivity contribution < 1.29 is 13.2 Å². The van der Waals surface area contributed by atoms with Crippen LogP contribution in [0.3, 0.4) is 0 Å². The van der Waals surface area contributed by atoms with Gasteiger partial charge in [-0.2, -0.15) is 18.4 Å². The van der Waals surface area contributed by atoms with Gasteiger partial charge in [0.2, 0.25) is 5.95 Å². The van der Waals surface area contributed by atoms with Crippen LogP contribution < -0.4 is 4.90 Å². The summed E-state index contributed by atoms with van der Waals surface area (Å²) in [6.45, 7) is 8.01. The number of nitrogens with zero attached hydrogens (tertiary/aromatic N) is 5. The zero-order valence-electron chi connectivity index (χ0n) is 18.2. The van der Waals surface area contributed by atoms with Gasteiger partial charge in [-0.15, -0.1) is 11.3 Å². The third kappa shape index (κ3) is 4.19. The van der Waals surface area contributed by atoms with E-state index in [2.05, 4.69) is 16.0 Å². The second-order valence-electron chi connectivity index (χ2n) is 8.35. The van der Waals surface area contributed by atoms with Gasteiger partial charge in [-0.1, -0.05) is 19.9 Å². The van der Waals surface area contributed by atoms with Crippen LogP contribution in [0.15, 0.2) is 24.3 Å². The second kappa shape index (κ2) is 8.17. The smallest absolute Gasteiger partial charge is 0.327 e. The molecular formula is C23H22F3N5S. The molecule has 1 aliphatic rings. The molecule has 0 N–H and O–H groups in total. The number of hydrogen-bond acceptors (Lipinski definition) is 6. The Morgan fingerprint density at radius 2 is 1.94 bits per heavy atom. The molecule has 0 bridgehead atoms. The number of fused-ring (bicyclic) bond motifs is 1. The number of nitriles is 1. The van der Waals surface area contributed by atoms with Crippen LogP contribution in [0.4, 0.5) is 19.1 Å². The van der Waals surface area contributed by atoms with Crippen LogP contribution in [-0.4, -0.2) is 15.0 Å². The van der Waals surface area contributed by atoms with E-state index in [4.69, 9.17) is 10.2 Å². The summed E-state index contributed by atoms with van der Waals surface area (Å²) >= 11 is 1.57. The molecule has 3 aromatic rings.